The molecular formula is C13H14N2O3. The van der Waals surface area contributed by atoms with Gasteiger partial charge in [0, 0.05) is 0 Å². The number of hydrogen-bond acceptors (Lipinski definition) is 3. The summed E-state index contributed by atoms with van der Waals surface area (Å²) in [7, 11) is 0. The lowest BCUT2D eigenvalue weighted by Crippen LogP contribution is -2.07. The maximum absolute atomic E-state index is 10.7. The van der Waals surface area contributed by atoms with E-state index >= 15 is 0 Å². The molecule has 1 heterocycles. The van der Waals surface area contributed by atoms with Crippen molar-refractivity contribution in [2.75, 3.05) is 5.32 Å². The van der Waals surface area contributed by atoms with Gasteiger partial charge in [-0.25, -0.2) is 4.79 Å². The number of aromatic nitrogens is 1. The van der Waals surface area contributed by atoms with E-state index in [-0.39, 0.29) is 11.8 Å². The zero-order chi connectivity index (χ0) is 13.1. The smallest absolute Gasteiger partial charge is 0.411 e. The van der Waals surface area contributed by atoms with Crippen molar-refractivity contribution in [3.05, 3.63) is 36.0 Å². The highest BCUT2D eigenvalue weighted by molar-refractivity contribution is 5.88. The average molecular weight is 246 g/mol. The number of benzene rings is 1. The molecule has 1 aromatic carbocycles. The van der Waals surface area contributed by atoms with Crippen LogP contribution in [0.3, 0.4) is 0 Å². The monoisotopic (exact) mass is 246 g/mol. The molecule has 0 aliphatic heterocycles. The molecule has 94 valence electrons. The van der Waals surface area contributed by atoms with Crippen molar-refractivity contribution in [3.8, 4) is 11.1 Å². The molecule has 0 radical (unpaired) electrons. The van der Waals surface area contributed by atoms with Crippen LogP contribution >= 0.6 is 0 Å². The molecule has 18 heavy (non-hydrogen) atoms. The van der Waals surface area contributed by atoms with Crippen LogP contribution in [0, 0.1) is 0 Å². The van der Waals surface area contributed by atoms with Gasteiger partial charge < -0.3 is 9.63 Å². The summed E-state index contributed by atoms with van der Waals surface area (Å²) in [6.07, 6.45) is -1.17. The van der Waals surface area contributed by atoms with E-state index in [0.717, 1.165) is 11.3 Å². The summed E-state index contributed by atoms with van der Waals surface area (Å²) in [5, 5.41) is 15.0. The molecule has 0 spiro atoms. The normalized spacial score (nSPS) is 10.6. The highest BCUT2D eigenvalue weighted by Gasteiger charge is 2.21. The van der Waals surface area contributed by atoms with Gasteiger partial charge in [0.25, 0.3) is 0 Å². The molecule has 2 rings (SSSR count). The molecule has 0 atom stereocenters. The molecule has 0 saturated heterocycles. The van der Waals surface area contributed by atoms with Gasteiger partial charge in [0.15, 0.2) is 0 Å². The van der Waals surface area contributed by atoms with Crippen LogP contribution in [0.5, 0.6) is 0 Å². The standard InChI is InChI=1S/C13H14N2O3/c1-8(2)11-10(9-6-4-3-5-7-9)12(18-15-11)14-13(16)17/h3-8,14H,1-2H3,(H,16,17). The molecule has 0 unspecified atom stereocenters. The first kappa shape index (κ1) is 12.2. The number of anilines is 1. The van der Waals surface area contributed by atoms with Crippen molar-refractivity contribution in [2.45, 2.75) is 19.8 Å². The Kier molecular flexibility index (Phi) is 3.32. The van der Waals surface area contributed by atoms with Crippen molar-refractivity contribution < 1.29 is 14.4 Å². The van der Waals surface area contributed by atoms with Crippen LogP contribution in [-0.2, 0) is 0 Å². The highest BCUT2D eigenvalue weighted by Crippen LogP contribution is 2.35. The summed E-state index contributed by atoms with van der Waals surface area (Å²) in [5.41, 5.74) is 2.32. The number of amides is 1. The first-order valence-corrected chi connectivity index (χ1v) is 5.64. The average Bonchev–Trinajstić information content (AvgIpc) is 2.73. The second kappa shape index (κ2) is 4.91. The lowest BCUT2D eigenvalue weighted by atomic mass is 9.99. The molecular weight excluding hydrogens is 232 g/mol. The largest absolute Gasteiger partial charge is 0.465 e. The van der Waals surface area contributed by atoms with Gasteiger partial charge in [-0.05, 0) is 11.5 Å². The van der Waals surface area contributed by atoms with E-state index in [4.69, 9.17) is 9.63 Å². The van der Waals surface area contributed by atoms with Gasteiger partial charge in [0.2, 0.25) is 5.88 Å². The van der Waals surface area contributed by atoms with Crippen LogP contribution in [0.25, 0.3) is 11.1 Å². The highest BCUT2D eigenvalue weighted by atomic mass is 16.5. The second-order valence-electron chi connectivity index (χ2n) is 4.22. The van der Waals surface area contributed by atoms with Crippen LogP contribution < -0.4 is 5.32 Å². The Bertz CT molecular complexity index is 547. The Labute approximate surface area is 104 Å². The van der Waals surface area contributed by atoms with E-state index in [1.54, 1.807) is 0 Å². The van der Waals surface area contributed by atoms with Crippen molar-refractivity contribution in [2.24, 2.45) is 0 Å². The Balaban J connectivity index is 2.54. The maximum atomic E-state index is 10.7. The van der Waals surface area contributed by atoms with Crippen LogP contribution in [0.1, 0.15) is 25.5 Å². The lowest BCUT2D eigenvalue weighted by molar-refractivity contribution is 0.208. The van der Waals surface area contributed by atoms with Crippen LogP contribution in [0.4, 0.5) is 10.7 Å². The van der Waals surface area contributed by atoms with Crippen LogP contribution in [0.15, 0.2) is 34.9 Å². The van der Waals surface area contributed by atoms with E-state index < -0.39 is 6.09 Å². The summed E-state index contributed by atoms with van der Waals surface area (Å²) in [6.45, 7) is 3.96. The molecule has 1 aromatic heterocycles. The molecule has 0 aliphatic carbocycles. The summed E-state index contributed by atoms with van der Waals surface area (Å²) >= 11 is 0. The summed E-state index contributed by atoms with van der Waals surface area (Å²) in [5.74, 6) is 0.311. The fraction of sp³-hybridized carbons (Fsp3) is 0.231. The first-order chi connectivity index (χ1) is 8.59. The molecule has 1 amide bonds. The van der Waals surface area contributed by atoms with E-state index in [1.165, 1.54) is 0 Å². The third-order valence-corrected chi connectivity index (χ3v) is 2.55. The van der Waals surface area contributed by atoms with E-state index in [0.29, 0.717) is 5.56 Å². The lowest BCUT2D eigenvalue weighted by Gasteiger charge is -2.05. The zero-order valence-electron chi connectivity index (χ0n) is 10.2. The van der Waals surface area contributed by atoms with Crippen molar-refractivity contribution in [3.63, 3.8) is 0 Å². The van der Waals surface area contributed by atoms with E-state index in [9.17, 15) is 4.79 Å². The second-order valence-corrected chi connectivity index (χ2v) is 4.22. The number of nitrogens with zero attached hydrogens (tertiary/aromatic N) is 1. The predicted octanol–water partition coefficient (Wildman–Crippen LogP) is 3.55. The number of carboxylic acid groups (broad SMARTS) is 1. The van der Waals surface area contributed by atoms with E-state index in [2.05, 4.69) is 10.5 Å². The SMILES string of the molecule is CC(C)c1noc(NC(=O)O)c1-c1ccccc1. The fourth-order valence-electron chi connectivity index (χ4n) is 1.76. The van der Waals surface area contributed by atoms with Gasteiger partial charge in [0.1, 0.15) is 0 Å². The number of nitrogens with one attached hydrogen (secondary N) is 1. The van der Waals surface area contributed by atoms with Crippen LogP contribution in [0.2, 0.25) is 0 Å². The Hall–Kier alpha value is -2.30. The Morgan fingerprint density at radius 2 is 2.00 bits per heavy atom. The van der Waals surface area contributed by atoms with Gasteiger partial charge in [-0.2, -0.15) is 0 Å². The Morgan fingerprint density at radius 3 is 2.56 bits per heavy atom. The van der Waals surface area contributed by atoms with Gasteiger partial charge in [0.05, 0.1) is 11.3 Å². The summed E-state index contributed by atoms with van der Waals surface area (Å²) in [4.78, 5) is 10.7. The van der Waals surface area contributed by atoms with Crippen molar-refractivity contribution in [1.29, 1.82) is 0 Å². The van der Waals surface area contributed by atoms with Gasteiger partial charge >= 0.3 is 6.09 Å². The van der Waals surface area contributed by atoms with Gasteiger partial charge in [-0.15, -0.1) is 0 Å². The fourth-order valence-corrected chi connectivity index (χ4v) is 1.76. The number of rotatable bonds is 3. The summed E-state index contributed by atoms with van der Waals surface area (Å²) in [6, 6.07) is 9.46. The summed E-state index contributed by atoms with van der Waals surface area (Å²) < 4.78 is 5.08. The third kappa shape index (κ3) is 2.34. The van der Waals surface area contributed by atoms with Crippen molar-refractivity contribution in [1.82, 2.24) is 5.16 Å². The molecule has 0 fully saturated rings. The molecule has 5 heteroatoms. The first-order valence-electron chi connectivity index (χ1n) is 5.64. The Morgan fingerprint density at radius 1 is 1.33 bits per heavy atom. The van der Waals surface area contributed by atoms with Gasteiger partial charge in [-0.3, -0.25) is 5.32 Å². The van der Waals surface area contributed by atoms with E-state index in [1.807, 2.05) is 44.2 Å². The number of carbonyl (C=O) groups is 1. The molecule has 5 nitrogen and oxygen atoms in total. The molecule has 0 saturated carbocycles. The molecule has 2 aromatic rings. The maximum Gasteiger partial charge on any atom is 0.411 e. The van der Waals surface area contributed by atoms with Crippen molar-refractivity contribution >= 4 is 12.0 Å². The molecule has 2 N–H and O–H groups in total. The minimum Gasteiger partial charge on any atom is -0.465 e. The zero-order valence-corrected chi connectivity index (χ0v) is 10.2. The quantitative estimate of drug-likeness (QED) is 0.868. The van der Waals surface area contributed by atoms with Crippen LogP contribution in [-0.4, -0.2) is 16.4 Å². The number of hydrogen-bond donors (Lipinski definition) is 2. The topological polar surface area (TPSA) is 75.4 Å². The minimum atomic E-state index is -1.17. The molecule has 0 bridgehead atoms. The third-order valence-electron chi connectivity index (χ3n) is 2.55. The van der Waals surface area contributed by atoms with Gasteiger partial charge in [-0.1, -0.05) is 49.3 Å². The minimum absolute atomic E-state index is 0.147. The molecule has 0 aliphatic rings. The predicted molar refractivity (Wildman–Crippen MR) is 67.7 cm³/mol.